The van der Waals surface area contributed by atoms with E-state index >= 15 is 0 Å². The zero-order valence-corrected chi connectivity index (χ0v) is 6.25. The molecule has 0 fully saturated rings. The summed E-state index contributed by atoms with van der Waals surface area (Å²) in [4.78, 5) is 14.2. The highest BCUT2D eigenvalue weighted by Gasteiger charge is 2.16. The first-order valence-corrected chi connectivity index (χ1v) is 3.59. The number of carbonyl (C=O) groups excluding carboxylic acids is 1. The van der Waals surface area contributed by atoms with E-state index < -0.39 is 0 Å². The Morgan fingerprint density at radius 2 is 2.25 bits per heavy atom. The van der Waals surface area contributed by atoms with Gasteiger partial charge < -0.3 is 0 Å². The molecule has 0 saturated heterocycles. The van der Waals surface area contributed by atoms with Crippen molar-refractivity contribution in [3.8, 4) is 0 Å². The van der Waals surface area contributed by atoms with Crippen LogP contribution in [0.15, 0.2) is 23.2 Å². The van der Waals surface area contributed by atoms with Gasteiger partial charge in [0.05, 0.1) is 12.3 Å². The summed E-state index contributed by atoms with van der Waals surface area (Å²) in [6.07, 6.45) is 0.700. The summed E-state index contributed by atoms with van der Waals surface area (Å²) < 4.78 is 13.0. The molecule has 1 aliphatic rings. The molecule has 0 saturated carbocycles. The molecular formula is C9H6FNO. The van der Waals surface area contributed by atoms with E-state index in [1.165, 1.54) is 18.2 Å². The number of hydrogen-bond donors (Lipinski definition) is 0. The summed E-state index contributed by atoms with van der Waals surface area (Å²) in [6, 6.07) is 4.27. The molecule has 0 atom stereocenters. The predicted octanol–water partition coefficient (Wildman–Crippen LogP) is 1.44. The molecule has 0 aliphatic carbocycles. The molecule has 0 spiro atoms. The van der Waals surface area contributed by atoms with Crippen LogP contribution in [0.5, 0.6) is 0 Å². The van der Waals surface area contributed by atoms with Crippen molar-refractivity contribution in [2.45, 2.75) is 0 Å². The van der Waals surface area contributed by atoms with Gasteiger partial charge in [0.25, 0.3) is 0 Å². The Labute approximate surface area is 68.7 Å². The van der Waals surface area contributed by atoms with Gasteiger partial charge in [-0.3, -0.25) is 9.79 Å². The Morgan fingerprint density at radius 3 is 2.83 bits per heavy atom. The van der Waals surface area contributed by atoms with Gasteiger partial charge in [-0.05, 0) is 18.2 Å². The standard InChI is InChI=1S/C9H6FNO/c10-8-2-1-6(5-12)3-7(8)9-4-11-9/h1-3,5H,4H2. The normalized spacial score (nSPS) is 13.9. The third-order valence-electron chi connectivity index (χ3n) is 1.75. The molecule has 3 heteroatoms. The summed E-state index contributed by atoms with van der Waals surface area (Å²) in [5.41, 5.74) is 1.69. The lowest BCUT2D eigenvalue weighted by molar-refractivity contribution is 0.112. The monoisotopic (exact) mass is 163 g/mol. The van der Waals surface area contributed by atoms with Crippen LogP contribution in [-0.2, 0) is 0 Å². The summed E-state index contributed by atoms with van der Waals surface area (Å²) >= 11 is 0. The van der Waals surface area contributed by atoms with Crippen LogP contribution >= 0.6 is 0 Å². The van der Waals surface area contributed by atoms with Crippen molar-refractivity contribution >= 4 is 12.0 Å². The number of aldehydes is 1. The highest BCUT2D eigenvalue weighted by atomic mass is 19.1. The van der Waals surface area contributed by atoms with Crippen LogP contribution in [0.4, 0.5) is 4.39 Å². The lowest BCUT2D eigenvalue weighted by Gasteiger charge is -1.96. The summed E-state index contributed by atoms with van der Waals surface area (Å²) in [6.45, 7) is 0.596. The topological polar surface area (TPSA) is 29.4 Å². The van der Waals surface area contributed by atoms with Crippen LogP contribution in [0.1, 0.15) is 15.9 Å². The number of halogens is 1. The SMILES string of the molecule is O=Cc1ccc(F)c(C2=NC2)c1. The molecule has 0 radical (unpaired) electrons. The molecule has 0 amide bonds. The number of nitrogens with zero attached hydrogens (tertiary/aromatic N) is 1. The van der Waals surface area contributed by atoms with Gasteiger partial charge in [0.2, 0.25) is 0 Å². The molecule has 2 nitrogen and oxygen atoms in total. The Bertz CT molecular complexity index is 371. The minimum absolute atomic E-state index is 0.308. The van der Waals surface area contributed by atoms with E-state index in [9.17, 15) is 9.18 Å². The predicted molar refractivity (Wildman–Crippen MR) is 43.2 cm³/mol. The molecular weight excluding hydrogens is 157 g/mol. The van der Waals surface area contributed by atoms with Gasteiger partial charge >= 0.3 is 0 Å². The quantitative estimate of drug-likeness (QED) is 0.606. The molecule has 2 rings (SSSR count). The number of benzene rings is 1. The van der Waals surface area contributed by atoms with Gasteiger partial charge in [0.1, 0.15) is 12.1 Å². The average Bonchev–Trinajstić information content (AvgIpc) is 2.88. The average molecular weight is 163 g/mol. The summed E-state index contributed by atoms with van der Waals surface area (Å²) in [5.74, 6) is -0.308. The van der Waals surface area contributed by atoms with Crippen molar-refractivity contribution in [1.82, 2.24) is 0 Å². The van der Waals surface area contributed by atoms with Crippen LogP contribution in [0, 0.1) is 5.82 Å². The first-order chi connectivity index (χ1) is 5.81. The number of carbonyl (C=O) groups is 1. The minimum Gasteiger partial charge on any atom is -0.298 e. The Balaban J connectivity index is 2.50. The molecule has 1 aliphatic heterocycles. The fourth-order valence-electron chi connectivity index (χ4n) is 1.05. The Hall–Kier alpha value is -1.51. The maximum absolute atomic E-state index is 13.0. The van der Waals surface area contributed by atoms with E-state index in [1.54, 1.807) is 0 Å². The van der Waals surface area contributed by atoms with Gasteiger partial charge in [-0.2, -0.15) is 0 Å². The zero-order chi connectivity index (χ0) is 8.55. The van der Waals surface area contributed by atoms with Gasteiger partial charge in [0, 0.05) is 11.1 Å². The first-order valence-electron chi connectivity index (χ1n) is 3.59. The zero-order valence-electron chi connectivity index (χ0n) is 6.25. The molecule has 0 bridgehead atoms. The van der Waals surface area contributed by atoms with E-state index in [1.807, 2.05) is 0 Å². The maximum Gasteiger partial charge on any atom is 0.150 e. The minimum atomic E-state index is -0.308. The van der Waals surface area contributed by atoms with Crippen molar-refractivity contribution in [1.29, 1.82) is 0 Å². The molecule has 12 heavy (non-hydrogen) atoms. The van der Waals surface area contributed by atoms with Crippen molar-refractivity contribution < 1.29 is 9.18 Å². The van der Waals surface area contributed by atoms with Crippen molar-refractivity contribution in [3.63, 3.8) is 0 Å². The second-order valence-corrected chi connectivity index (χ2v) is 2.62. The highest BCUT2D eigenvalue weighted by Crippen LogP contribution is 2.16. The lowest BCUT2D eigenvalue weighted by Crippen LogP contribution is -1.94. The maximum atomic E-state index is 13.0. The van der Waals surface area contributed by atoms with Crippen molar-refractivity contribution in [2.75, 3.05) is 6.54 Å². The number of aliphatic imine (C=N–C) groups is 1. The van der Waals surface area contributed by atoms with Crippen LogP contribution in [0.2, 0.25) is 0 Å². The fraction of sp³-hybridized carbons (Fsp3) is 0.111. The highest BCUT2D eigenvalue weighted by molar-refractivity contribution is 6.11. The van der Waals surface area contributed by atoms with Gasteiger partial charge in [-0.15, -0.1) is 0 Å². The Morgan fingerprint density at radius 1 is 1.50 bits per heavy atom. The summed E-state index contributed by atoms with van der Waals surface area (Å²) in [7, 11) is 0. The number of rotatable bonds is 2. The van der Waals surface area contributed by atoms with Gasteiger partial charge in [-0.1, -0.05) is 0 Å². The summed E-state index contributed by atoms with van der Waals surface area (Å²) in [5, 5.41) is 0. The van der Waals surface area contributed by atoms with Crippen molar-refractivity contribution in [3.05, 3.63) is 35.1 Å². The second-order valence-electron chi connectivity index (χ2n) is 2.62. The van der Waals surface area contributed by atoms with E-state index in [4.69, 9.17) is 0 Å². The third kappa shape index (κ3) is 1.13. The molecule has 0 unspecified atom stereocenters. The lowest BCUT2D eigenvalue weighted by atomic mass is 10.1. The van der Waals surface area contributed by atoms with E-state index in [2.05, 4.69) is 4.99 Å². The second kappa shape index (κ2) is 2.52. The molecule has 1 aromatic carbocycles. The van der Waals surface area contributed by atoms with Gasteiger partial charge in [-0.25, -0.2) is 4.39 Å². The Kier molecular flexibility index (Phi) is 1.50. The molecule has 0 N–H and O–H groups in total. The van der Waals surface area contributed by atoms with Gasteiger partial charge in [0.15, 0.2) is 0 Å². The molecule has 0 aromatic heterocycles. The fourth-order valence-corrected chi connectivity index (χ4v) is 1.05. The van der Waals surface area contributed by atoms with Crippen LogP contribution in [0.25, 0.3) is 0 Å². The largest absolute Gasteiger partial charge is 0.298 e. The first kappa shape index (κ1) is 7.16. The number of hydrogen-bond acceptors (Lipinski definition) is 2. The molecule has 1 heterocycles. The van der Waals surface area contributed by atoms with Crippen LogP contribution in [-0.4, -0.2) is 18.5 Å². The van der Waals surface area contributed by atoms with E-state index in [0.717, 1.165) is 5.71 Å². The molecule has 60 valence electrons. The smallest absolute Gasteiger partial charge is 0.150 e. The van der Waals surface area contributed by atoms with Crippen molar-refractivity contribution in [2.24, 2.45) is 4.99 Å². The van der Waals surface area contributed by atoms with Crippen LogP contribution < -0.4 is 0 Å². The third-order valence-corrected chi connectivity index (χ3v) is 1.75. The molecule has 1 aromatic rings. The van der Waals surface area contributed by atoms with Crippen LogP contribution in [0.3, 0.4) is 0 Å². The van der Waals surface area contributed by atoms with E-state index in [-0.39, 0.29) is 5.82 Å². The van der Waals surface area contributed by atoms with E-state index in [0.29, 0.717) is 24.0 Å².